The topological polar surface area (TPSA) is 99.8 Å². The van der Waals surface area contributed by atoms with Crippen LogP contribution in [0.1, 0.15) is 96.2 Å². The quantitative estimate of drug-likeness (QED) is 0.536. The molecule has 8 heteroatoms. The summed E-state index contributed by atoms with van der Waals surface area (Å²) in [6.45, 7) is 7.65. The van der Waals surface area contributed by atoms with Crippen molar-refractivity contribution in [2.24, 2.45) is 10.8 Å². The molecule has 1 amide bonds. The average molecular weight is 451 g/mol. The number of carboxylic acids is 1. The minimum Gasteiger partial charge on any atom is -0.481 e. The normalized spacial score (nSPS) is 17.3. The number of nitrogens with zero attached hydrogens (tertiary/aromatic N) is 4. The number of likely N-dealkylation sites (N-methyl/N-ethyl adjacent to an activating group) is 2. The minimum absolute atomic E-state index is 0.00420. The van der Waals surface area contributed by atoms with Crippen molar-refractivity contribution in [3.05, 3.63) is 11.7 Å². The summed E-state index contributed by atoms with van der Waals surface area (Å²) in [5, 5.41) is 13.5. The van der Waals surface area contributed by atoms with E-state index >= 15 is 0 Å². The standard InChI is InChI=1S/C24H42N4O4/c1-23(2,3)24(12-8-7-9-13-24)14-10-11-18(15-21(30)31)22-25-19(26-32-22)16-28(6)17-20(29)27(4)5/h18H,7-17H2,1-6H3,(H,30,31). The third-order valence-corrected chi connectivity index (χ3v) is 7.18. The van der Waals surface area contributed by atoms with Crippen LogP contribution in [0.5, 0.6) is 0 Å². The Labute approximate surface area is 192 Å². The van der Waals surface area contributed by atoms with Gasteiger partial charge in [-0.05, 0) is 43.6 Å². The highest BCUT2D eigenvalue weighted by Crippen LogP contribution is 2.53. The summed E-state index contributed by atoms with van der Waals surface area (Å²) >= 11 is 0. The molecule has 32 heavy (non-hydrogen) atoms. The monoisotopic (exact) mass is 450 g/mol. The van der Waals surface area contributed by atoms with E-state index in [9.17, 15) is 14.7 Å². The van der Waals surface area contributed by atoms with Crippen LogP contribution >= 0.6 is 0 Å². The Morgan fingerprint density at radius 3 is 2.38 bits per heavy atom. The number of aliphatic carboxylic acids is 1. The maximum Gasteiger partial charge on any atom is 0.304 e. The van der Waals surface area contributed by atoms with E-state index in [0.29, 0.717) is 23.7 Å². The number of carboxylic acid groups (broad SMARTS) is 1. The molecule has 1 aromatic rings. The van der Waals surface area contributed by atoms with Gasteiger partial charge in [-0.3, -0.25) is 14.5 Å². The molecule has 1 fully saturated rings. The molecule has 1 heterocycles. The van der Waals surface area contributed by atoms with Crippen molar-refractivity contribution >= 4 is 11.9 Å². The first kappa shape index (κ1) is 26.3. The van der Waals surface area contributed by atoms with Gasteiger partial charge in [-0.25, -0.2) is 0 Å². The molecule has 0 spiro atoms. The summed E-state index contributed by atoms with van der Waals surface area (Å²) in [5.74, 6) is -0.281. The fourth-order valence-electron chi connectivity index (χ4n) is 4.98. The predicted molar refractivity (Wildman–Crippen MR) is 123 cm³/mol. The van der Waals surface area contributed by atoms with Crippen LogP contribution in [0.3, 0.4) is 0 Å². The van der Waals surface area contributed by atoms with E-state index in [-0.39, 0.29) is 30.2 Å². The highest BCUT2D eigenvalue weighted by molar-refractivity contribution is 5.77. The fourth-order valence-corrected chi connectivity index (χ4v) is 4.98. The number of hydrogen-bond acceptors (Lipinski definition) is 6. The van der Waals surface area contributed by atoms with E-state index in [2.05, 4.69) is 30.9 Å². The minimum atomic E-state index is -0.855. The van der Waals surface area contributed by atoms with Crippen molar-refractivity contribution in [3.63, 3.8) is 0 Å². The van der Waals surface area contributed by atoms with Crippen LogP contribution in [0.4, 0.5) is 0 Å². The van der Waals surface area contributed by atoms with Gasteiger partial charge in [0.1, 0.15) is 0 Å². The van der Waals surface area contributed by atoms with Gasteiger partial charge >= 0.3 is 5.97 Å². The van der Waals surface area contributed by atoms with E-state index in [1.165, 1.54) is 37.0 Å². The fraction of sp³-hybridized carbons (Fsp3) is 0.833. The van der Waals surface area contributed by atoms with Crippen LogP contribution in [-0.4, -0.2) is 64.6 Å². The van der Waals surface area contributed by atoms with Crippen LogP contribution in [0.15, 0.2) is 4.52 Å². The zero-order chi connectivity index (χ0) is 23.9. The largest absolute Gasteiger partial charge is 0.481 e. The van der Waals surface area contributed by atoms with Gasteiger partial charge in [-0.2, -0.15) is 4.98 Å². The molecule has 1 saturated carbocycles. The summed E-state index contributed by atoms with van der Waals surface area (Å²) in [6, 6.07) is 0. The molecule has 0 saturated heterocycles. The molecule has 182 valence electrons. The van der Waals surface area contributed by atoms with Crippen molar-refractivity contribution in [1.82, 2.24) is 19.9 Å². The second kappa shape index (κ2) is 11.3. The van der Waals surface area contributed by atoms with Gasteiger partial charge in [0.25, 0.3) is 0 Å². The van der Waals surface area contributed by atoms with Crippen molar-refractivity contribution in [2.45, 2.75) is 91.0 Å². The Hall–Kier alpha value is -1.96. The van der Waals surface area contributed by atoms with Crippen molar-refractivity contribution in [3.8, 4) is 0 Å². The number of hydrogen-bond donors (Lipinski definition) is 1. The zero-order valence-corrected chi connectivity index (χ0v) is 20.8. The molecule has 1 aliphatic rings. The first-order valence-corrected chi connectivity index (χ1v) is 11.9. The van der Waals surface area contributed by atoms with Gasteiger partial charge in [0.2, 0.25) is 11.8 Å². The Morgan fingerprint density at radius 2 is 1.81 bits per heavy atom. The van der Waals surface area contributed by atoms with Crippen molar-refractivity contribution in [1.29, 1.82) is 0 Å². The highest BCUT2D eigenvalue weighted by Gasteiger charge is 2.42. The molecule has 0 radical (unpaired) electrons. The maximum atomic E-state index is 11.9. The summed E-state index contributed by atoms with van der Waals surface area (Å²) in [4.78, 5) is 31.2. The molecule has 0 bridgehead atoms. The summed E-state index contributed by atoms with van der Waals surface area (Å²) in [6.07, 6.45) is 9.15. The third kappa shape index (κ3) is 7.29. The van der Waals surface area contributed by atoms with Gasteiger partial charge in [-0.1, -0.05) is 51.6 Å². The van der Waals surface area contributed by atoms with Crippen molar-refractivity contribution in [2.75, 3.05) is 27.7 Å². The molecular weight excluding hydrogens is 408 g/mol. The lowest BCUT2D eigenvalue weighted by atomic mass is 9.57. The summed E-state index contributed by atoms with van der Waals surface area (Å²) in [7, 11) is 5.26. The first-order valence-electron chi connectivity index (χ1n) is 11.9. The number of carbonyl (C=O) groups is 2. The van der Waals surface area contributed by atoms with Gasteiger partial charge in [0.15, 0.2) is 5.82 Å². The molecule has 1 unspecified atom stereocenters. The number of amides is 1. The molecule has 1 N–H and O–H groups in total. The van der Waals surface area contributed by atoms with Crippen molar-refractivity contribution < 1.29 is 19.2 Å². The molecule has 1 aliphatic carbocycles. The molecule has 1 aromatic heterocycles. The Bertz CT molecular complexity index is 747. The molecular formula is C24H42N4O4. The highest BCUT2D eigenvalue weighted by atomic mass is 16.5. The third-order valence-electron chi connectivity index (χ3n) is 7.18. The van der Waals surface area contributed by atoms with E-state index in [0.717, 1.165) is 19.3 Å². The molecule has 1 atom stereocenters. The summed E-state index contributed by atoms with van der Waals surface area (Å²) < 4.78 is 5.47. The molecule has 8 nitrogen and oxygen atoms in total. The number of rotatable bonds is 11. The molecule has 0 aliphatic heterocycles. The SMILES string of the molecule is CN(CC(=O)N(C)C)Cc1noc(C(CCCC2(C(C)(C)C)CCCCC2)CC(=O)O)n1. The van der Waals surface area contributed by atoms with Crippen LogP contribution < -0.4 is 0 Å². The number of aromatic nitrogens is 2. The number of carbonyl (C=O) groups excluding carboxylic acids is 1. The van der Waals surface area contributed by atoms with E-state index in [1.807, 2.05) is 11.9 Å². The predicted octanol–water partition coefficient (Wildman–Crippen LogP) is 4.31. The molecule has 0 aromatic carbocycles. The molecule has 2 rings (SSSR count). The van der Waals surface area contributed by atoms with Gasteiger partial charge in [-0.15, -0.1) is 0 Å². The Morgan fingerprint density at radius 1 is 1.16 bits per heavy atom. The van der Waals surface area contributed by atoms with E-state index < -0.39 is 5.97 Å². The lowest BCUT2D eigenvalue weighted by Gasteiger charge is -2.48. The lowest BCUT2D eigenvalue weighted by molar-refractivity contribution is -0.137. The summed E-state index contributed by atoms with van der Waals surface area (Å²) in [5.41, 5.74) is 0.558. The van der Waals surface area contributed by atoms with Gasteiger partial charge in [0, 0.05) is 20.0 Å². The Kier molecular flexibility index (Phi) is 9.25. The van der Waals surface area contributed by atoms with E-state index in [4.69, 9.17) is 4.52 Å². The van der Waals surface area contributed by atoms with Crippen LogP contribution in [0.25, 0.3) is 0 Å². The zero-order valence-electron chi connectivity index (χ0n) is 20.8. The van der Waals surface area contributed by atoms with Gasteiger partial charge < -0.3 is 14.5 Å². The van der Waals surface area contributed by atoms with Crippen LogP contribution in [0, 0.1) is 10.8 Å². The first-order chi connectivity index (χ1) is 14.9. The van der Waals surface area contributed by atoms with Crippen LogP contribution in [0.2, 0.25) is 0 Å². The Balaban J connectivity index is 2.01. The maximum absolute atomic E-state index is 11.9. The lowest BCUT2D eigenvalue weighted by Crippen LogP contribution is -2.37. The average Bonchev–Trinajstić information content (AvgIpc) is 3.15. The van der Waals surface area contributed by atoms with E-state index in [1.54, 1.807) is 14.1 Å². The second-order valence-corrected chi connectivity index (χ2v) is 10.8. The van der Waals surface area contributed by atoms with Crippen LogP contribution in [-0.2, 0) is 16.1 Å². The smallest absolute Gasteiger partial charge is 0.304 e. The second-order valence-electron chi connectivity index (χ2n) is 10.8. The van der Waals surface area contributed by atoms with Gasteiger partial charge in [0.05, 0.1) is 19.5 Å².